The van der Waals surface area contributed by atoms with Gasteiger partial charge in [-0.3, -0.25) is 0 Å². The fourth-order valence-electron chi connectivity index (χ4n) is 1.81. The van der Waals surface area contributed by atoms with Crippen molar-refractivity contribution in [2.24, 2.45) is 0 Å². The minimum absolute atomic E-state index is 0.0961. The quantitative estimate of drug-likeness (QED) is 0.710. The summed E-state index contributed by atoms with van der Waals surface area (Å²) in [6, 6.07) is 0. The Morgan fingerprint density at radius 1 is 1.24 bits per heavy atom. The highest BCUT2D eigenvalue weighted by Gasteiger charge is 2.16. The maximum absolute atomic E-state index is 5.27. The van der Waals surface area contributed by atoms with Gasteiger partial charge in [0.05, 0.1) is 12.3 Å². The highest BCUT2D eigenvalue weighted by atomic mass is 32.1. The molecule has 0 unspecified atom stereocenters. The summed E-state index contributed by atoms with van der Waals surface area (Å²) in [6.45, 7) is 9.61. The molecule has 1 heterocycles. The van der Waals surface area contributed by atoms with Crippen molar-refractivity contribution in [2.75, 3.05) is 39.3 Å². The second-order valence-corrected chi connectivity index (χ2v) is 7.23. The molecule has 0 bridgehead atoms. The van der Waals surface area contributed by atoms with E-state index in [9.17, 15) is 0 Å². The summed E-state index contributed by atoms with van der Waals surface area (Å²) >= 11 is 1.74. The van der Waals surface area contributed by atoms with E-state index in [0.29, 0.717) is 6.61 Å². The number of nitrogens with one attached hydrogen (secondary N) is 1. The van der Waals surface area contributed by atoms with E-state index in [2.05, 4.69) is 38.0 Å². The normalized spacial score (nSPS) is 11.9. The Bertz CT molecular complexity index is 416. The predicted molar refractivity (Wildman–Crippen MR) is 89.2 cm³/mol. The molecular formula is C15H29N3O2S. The van der Waals surface area contributed by atoms with Crippen LogP contribution >= 0.6 is 11.3 Å². The van der Waals surface area contributed by atoms with Gasteiger partial charge in [0.25, 0.3) is 0 Å². The van der Waals surface area contributed by atoms with Crippen LogP contribution in [0.25, 0.3) is 0 Å². The third kappa shape index (κ3) is 6.74. The number of hydrogen-bond acceptors (Lipinski definition) is 6. The van der Waals surface area contributed by atoms with Gasteiger partial charge < -0.3 is 19.7 Å². The molecule has 0 amide bonds. The van der Waals surface area contributed by atoms with E-state index in [0.717, 1.165) is 36.9 Å². The summed E-state index contributed by atoms with van der Waals surface area (Å²) in [5.74, 6) is 0. The maximum Gasteiger partial charge on any atom is 0.185 e. The minimum Gasteiger partial charge on any atom is -0.385 e. The van der Waals surface area contributed by atoms with E-state index in [1.54, 1.807) is 25.6 Å². The van der Waals surface area contributed by atoms with E-state index in [4.69, 9.17) is 14.5 Å². The van der Waals surface area contributed by atoms with Gasteiger partial charge in [0.1, 0.15) is 0 Å². The molecule has 1 aromatic rings. The summed E-state index contributed by atoms with van der Waals surface area (Å²) in [6.07, 6.45) is 1.00. The Labute approximate surface area is 132 Å². The van der Waals surface area contributed by atoms with Crippen LogP contribution in [-0.2, 0) is 22.6 Å². The van der Waals surface area contributed by atoms with Crippen LogP contribution < -0.4 is 10.2 Å². The number of thiazole rings is 1. The van der Waals surface area contributed by atoms with Gasteiger partial charge >= 0.3 is 0 Å². The van der Waals surface area contributed by atoms with Crippen LogP contribution in [0.1, 0.15) is 37.8 Å². The first-order chi connectivity index (χ1) is 9.87. The van der Waals surface area contributed by atoms with Crippen molar-refractivity contribution < 1.29 is 9.47 Å². The second kappa shape index (κ2) is 8.68. The molecule has 0 aliphatic carbocycles. The number of methoxy groups -OCH3 is 2. The first kappa shape index (κ1) is 18.4. The fraction of sp³-hybridized carbons (Fsp3) is 0.800. The van der Waals surface area contributed by atoms with Gasteiger partial charge in [-0.25, -0.2) is 4.98 Å². The Morgan fingerprint density at radius 2 is 1.95 bits per heavy atom. The number of ether oxygens (including phenoxy) is 2. The Kier molecular flexibility index (Phi) is 7.59. The molecule has 1 rings (SSSR count). The smallest absolute Gasteiger partial charge is 0.185 e. The molecule has 5 nitrogen and oxygen atoms in total. The predicted octanol–water partition coefficient (Wildman–Crippen LogP) is 2.65. The van der Waals surface area contributed by atoms with Gasteiger partial charge in [-0.05, 0) is 27.2 Å². The van der Waals surface area contributed by atoms with Crippen molar-refractivity contribution in [3.63, 3.8) is 0 Å². The van der Waals surface area contributed by atoms with E-state index >= 15 is 0 Å². The molecule has 6 heteroatoms. The van der Waals surface area contributed by atoms with Crippen LogP contribution in [-0.4, -0.2) is 44.9 Å². The van der Waals surface area contributed by atoms with Crippen LogP contribution in [0, 0.1) is 0 Å². The third-order valence-electron chi connectivity index (χ3n) is 3.00. The number of nitrogens with zero attached hydrogens (tertiary/aromatic N) is 2. The third-order valence-corrected chi connectivity index (χ3v) is 4.21. The van der Waals surface area contributed by atoms with Gasteiger partial charge in [0.2, 0.25) is 0 Å². The molecule has 0 aliphatic heterocycles. The molecule has 0 spiro atoms. The highest BCUT2D eigenvalue weighted by molar-refractivity contribution is 7.15. The summed E-state index contributed by atoms with van der Waals surface area (Å²) in [5.41, 5.74) is 1.13. The molecule has 0 fully saturated rings. The lowest BCUT2D eigenvalue weighted by Gasteiger charge is -2.20. The summed E-state index contributed by atoms with van der Waals surface area (Å²) in [5, 5.41) is 4.56. The van der Waals surface area contributed by atoms with Crippen molar-refractivity contribution in [2.45, 2.75) is 45.9 Å². The zero-order valence-electron chi connectivity index (χ0n) is 14.2. The Morgan fingerprint density at radius 3 is 2.52 bits per heavy atom. The van der Waals surface area contributed by atoms with Crippen LogP contribution in [0.5, 0.6) is 0 Å². The molecule has 21 heavy (non-hydrogen) atoms. The molecule has 122 valence electrons. The molecule has 1 aromatic heterocycles. The molecule has 0 atom stereocenters. The van der Waals surface area contributed by atoms with Gasteiger partial charge in [-0.2, -0.15) is 0 Å². The van der Waals surface area contributed by atoms with Gasteiger partial charge in [-0.15, -0.1) is 11.3 Å². The molecular weight excluding hydrogens is 286 g/mol. The van der Waals surface area contributed by atoms with Crippen molar-refractivity contribution >= 4 is 16.5 Å². The number of hydrogen-bond donors (Lipinski definition) is 1. The number of aromatic nitrogens is 1. The van der Waals surface area contributed by atoms with E-state index in [1.807, 2.05) is 0 Å². The average Bonchev–Trinajstić information content (AvgIpc) is 2.80. The largest absolute Gasteiger partial charge is 0.385 e. The first-order valence-corrected chi connectivity index (χ1v) is 8.11. The van der Waals surface area contributed by atoms with Gasteiger partial charge in [-0.1, -0.05) is 0 Å². The van der Waals surface area contributed by atoms with Crippen molar-refractivity contribution in [3.8, 4) is 0 Å². The lowest BCUT2D eigenvalue weighted by atomic mass is 10.1. The molecule has 0 saturated heterocycles. The topological polar surface area (TPSA) is 46.6 Å². The summed E-state index contributed by atoms with van der Waals surface area (Å²) in [7, 11) is 5.52. The van der Waals surface area contributed by atoms with Crippen LogP contribution in [0.3, 0.4) is 0 Å². The fourth-order valence-corrected chi connectivity index (χ4v) is 2.80. The molecule has 0 saturated carbocycles. The zero-order chi connectivity index (χ0) is 15.9. The van der Waals surface area contributed by atoms with E-state index in [1.165, 1.54) is 4.88 Å². The van der Waals surface area contributed by atoms with Crippen molar-refractivity contribution in [3.05, 3.63) is 10.6 Å². The monoisotopic (exact) mass is 315 g/mol. The summed E-state index contributed by atoms with van der Waals surface area (Å²) in [4.78, 5) is 8.15. The van der Waals surface area contributed by atoms with Crippen LogP contribution in [0.2, 0.25) is 0 Å². The Hall–Kier alpha value is -0.690. The Balaban J connectivity index is 2.73. The minimum atomic E-state index is 0.0961. The molecule has 0 aliphatic rings. The lowest BCUT2D eigenvalue weighted by Crippen LogP contribution is -2.35. The highest BCUT2D eigenvalue weighted by Crippen LogP contribution is 2.27. The van der Waals surface area contributed by atoms with Gasteiger partial charge in [0.15, 0.2) is 5.13 Å². The molecule has 1 N–H and O–H groups in total. The molecule has 0 aromatic carbocycles. The standard InChI is InChI=1S/C15H29N3O2S/c1-15(2,3)16-10-13-12(11-20-6)17-14(21-13)18(4)8-7-9-19-5/h16H,7-11H2,1-6H3. The number of anilines is 1. The summed E-state index contributed by atoms with van der Waals surface area (Å²) < 4.78 is 10.4. The average molecular weight is 315 g/mol. The SMILES string of the molecule is COCCCN(C)c1nc(COC)c(CNC(C)(C)C)s1. The first-order valence-electron chi connectivity index (χ1n) is 7.30. The van der Waals surface area contributed by atoms with Crippen molar-refractivity contribution in [1.29, 1.82) is 0 Å². The van der Waals surface area contributed by atoms with Crippen LogP contribution in [0.15, 0.2) is 0 Å². The molecule has 0 radical (unpaired) electrons. The number of rotatable bonds is 9. The lowest BCUT2D eigenvalue weighted by molar-refractivity contribution is 0.181. The van der Waals surface area contributed by atoms with Gasteiger partial charge in [0, 0.05) is 51.4 Å². The van der Waals surface area contributed by atoms with E-state index in [-0.39, 0.29) is 5.54 Å². The van der Waals surface area contributed by atoms with E-state index < -0.39 is 0 Å². The maximum atomic E-state index is 5.27. The zero-order valence-corrected chi connectivity index (χ0v) is 15.0. The van der Waals surface area contributed by atoms with Crippen LogP contribution in [0.4, 0.5) is 5.13 Å². The van der Waals surface area contributed by atoms with Crippen molar-refractivity contribution in [1.82, 2.24) is 10.3 Å². The second-order valence-electron chi connectivity index (χ2n) is 6.17.